The van der Waals surface area contributed by atoms with Gasteiger partial charge in [-0.15, -0.1) is 0 Å². The van der Waals surface area contributed by atoms with Crippen LogP contribution in [0.4, 0.5) is 5.69 Å². The average molecular weight is 348 g/mol. The number of anilines is 1. The van der Waals surface area contributed by atoms with Crippen molar-refractivity contribution < 1.29 is 14.4 Å². The first kappa shape index (κ1) is 16.5. The van der Waals surface area contributed by atoms with Crippen molar-refractivity contribution in [3.05, 3.63) is 64.7 Å². The molecule has 0 atom stereocenters. The number of nitrogens with zero attached hydrogens (tertiary/aromatic N) is 1. The van der Waals surface area contributed by atoms with Gasteiger partial charge in [-0.05, 0) is 61.1 Å². The summed E-state index contributed by atoms with van der Waals surface area (Å²) in [6.07, 6.45) is 4.07. The third-order valence-electron chi connectivity index (χ3n) is 5.05. The zero-order valence-electron chi connectivity index (χ0n) is 14.5. The predicted octanol–water partition coefficient (Wildman–Crippen LogP) is 3.19. The molecule has 1 aliphatic heterocycles. The van der Waals surface area contributed by atoms with Crippen LogP contribution in [0.15, 0.2) is 42.5 Å². The molecule has 1 heterocycles. The Kier molecular flexibility index (Phi) is 4.29. The second-order valence-corrected chi connectivity index (χ2v) is 6.80. The Morgan fingerprint density at radius 2 is 1.65 bits per heavy atom. The molecule has 2 aromatic rings. The summed E-state index contributed by atoms with van der Waals surface area (Å²) in [5, 5.41) is 2.91. The van der Waals surface area contributed by atoms with Crippen molar-refractivity contribution >= 4 is 23.4 Å². The minimum Gasteiger partial charge on any atom is -0.326 e. The summed E-state index contributed by atoms with van der Waals surface area (Å²) in [6.45, 7) is 0.254. The Morgan fingerprint density at radius 1 is 0.962 bits per heavy atom. The molecule has 2 aromatic carbocycles. The second-order valence-electron chi connectivity index (χ2n) is 6.80. The van der Waals surface area contributed by atoms with Gasteiger partial charge < -0.3 is 5.32 Å². The number of rotatable bonds is 5. The molecule has 3 amide bonds. The molecule has 0 fully saturated rings. The Labute approximate surface area is 152 Å². The van der Waals surface area contributed by atoms with E-state index in [1.54, 1.807) is 24.3 Å². The van der Waals surface area contributed by atoms with E-state index in [2.05, 4.69) is 11.4 Å². The van der Waals surface area contributed by atoms with E-state index in [4.69, 9.17) is 0 Å². The van der Waals surface area contributed by atoms with Crippen molar-refractivity contribution in [3.8, 4) is 0 Å². The first-order valence-corrected chi connectivity index (χ1v) is 9.00. The zero-order valence-corrected chi connectivity index (χ0v) is 14.5. The lowest BCUT2D eigenvalue weighted by atomic mass is 10.1. The van der Waals surface area contributed by atoms with E-state index in [1.807, 2.05) is 12.1 Å². The monoisotopic (exact) mass is 348 g/mol. The average Bonchev–Trinajstić information content (AvgIpc) is 3.20. The molecule has 0 aromatic heterocycles. The molecule has 132 valence electrons. The van der Waals surface area contributed by atoms with Crippen molar-refractivity contribution in [2.75, 3.05) is 11.9 Å². The van der Waals surface area contributed by atoms with E-state index < -0.39 is 0 Å². The second kappa shape index (κ2) is 6.75. The van der Waals surface area contributed by atoms with Crippen molar-refractivity contribution in [2.45, 2.75) is 32.1 Å². The maximum atomic E-state index is 12.3. The molecule has 1 N–H and O–H groups in total. The van der Waals surface area contributed by atoms with Gasteiger partial charge in [0.25, 0.3) is 11.8 Å². The van der Waals surface area contributed by atoms with Crippen LogP contribution in [-0.2, 0) is 17.6 Å². The fraction of sp³-hybridized carbons (Fsp3) is 0.286. The third-order valence-corrected chi connectivity index (χ3v) is 5.05. The predicted molar refractivity (Wildman–Crippen MR) is 98.1 cm³/mol. The van der Waals surface area contributed by atoms with Crippen molar-refractivity contribution in [2.24, 2.45) is 0 Å². The van der Waals surface area contributed by atoms with Crippen LogP contribution in [0.25, 0.3) is 0 Å². The maximum absolute atomic E-state index is 12.3. The molecular formula is C21H20N2O3. The van der Waals surface area contributed by atoms with Gasteiger partial charge in [0.1, 0.15) is 0 Å². The van der Waals surface area contributed by atoms with Gasteiger partial charge in [-0.2, -0.15) is 0 Å². The quantitative estimate of drug-likeness (QED) is 0.844. The van der Waals surface area contributed by atoms with Gasteiger partial charge in [-0.25, -0.2) is 0 Å². The standard InChI is InChI=1S/C21H20N2O3/c24-19(22-16-11-10-14-5-3-6-15(14)13-16)9-4-12-23-20(25)17-7-1-2-8-18(17)21(23)26/h1-2,7-8,10-11,13H,3-6,9,12H2,(H,22,24). The molecule has 0 radical (unpaired) electrons. The van der Waals surface area contributed by atoms with Gasteiger partial charge in [-0.1, -0.05) is 18.2 Å². The molecule has 0 saturated heterocycles. The zero-order chi connectivity index (χ0) is 18.1. The molecule has 0 unspecified atom stereocenters. The van der Waals surface area contributed by atoms with Crippen LogP contribution >= 0.6 is 0 Å². The Hall–Kier alpha value is -2.95. The number of imide groups is 1. The number of aryl methyl sites for hydroxylation is 2. The molecule has 0 spiro atoms. The molecule has 2 aliphatic rings. The van der Waals surface area contributed by atoms with E-state index in [-0.39, 0.29) is 30.7 Å². The first-order chi connectivity index (χ1) is 12.6. The topological polar surface area (TPSA) is 66.5 Å². The van der Waals surface area contributed by atoms with Crippen LogP contribution in [0.3, 0.4) is 0 Å². The normalized spacial score (nSPS) is 15.2. The van der Waals surface area contributed by atoms with Crippen molar-refractivity contribution in [1.29, 1.82) is 0 Å². The summed E-state index contributed by atoms with van der Waals surface area (Å²) >= 11 is 0. The van der Waals surface area contributed by atoms with Crippen LogP contribution in [0, 0.1) is 0 Å². The van der Waals surface area contributed by atoms with Crippen LogP contribution in [0.1, 0.15) is 51.1 Å². The van der Waals surface area contributed by atoms with Crippen molar-refractivity contribution in [1.82, 2.24) is 4.90 Å². The summed E-state index contributed by atoms with van der Waals surface area (Å²) in [7, 11) is 0. The van der Waals surface area contributed by atoms with E-state index >= 15 is 0 Å². The number of carbonyl (C=O) groups excluding carboxylic acids is 3. The highest BCUT2D eigenvalue weighted by atomic mass is 16.2. The van der Waals surface area contributed by atoms with E-state index in [0.29, 0.717) is 17.5 Å². The molecule has 1 aliphatic carbocycles. The van der Waals surface area contributed by atoms with Crippen LogP contribution in [-0.4, -0.2) is 29.2 Å². The molecule has 5 nitrogen and oxygen atoms in total. The molecule has 26 heavy (non-hydrogen) atoms. The highest BCUT2D eigenvalue weighted by Gasteiger charge is 2.34. The van der Waals surface area contributed by atoms with Gasteiger partial charge in [-0.3, -0.25) is 19.3 Å². The molecule has 4 rings (SSSR count). The molecule has 0 bridgehead atoms. The Bertz CT molecular complexity index is 869. The highest BCUT2D eigenvalue weighted by molar-refractivity contribution is 6.21. The number of benzene rings is 2. The first-order valence-electron chi connectivity index (χ1n) is 9.00. The molecular weight excluding hydrogens is 328 g/mol. The van der Waals surface area contributed by atoms with Crippen LogP contribution < -0.4 is 5.32 Å². The third kappa shape index (κ3) is 3.01. The smallest absolute Gasteiger partial charge is 0.261 e. The Balaban J connectivity index is 1.31. The lowest BCUT2D eigenvalue weighted by Gasteiger charge is -2.13. The number of amides is 3. The lowest BCUT2D eigenvalue weighted by Crippen LogP contribution is -2.31. The Morgan fingerprint density at radius 3 is 2.38 bits per heavy atom. The largest absolute Gasteiger partial charge is 0.326 e. The van der Waals surface area contributed by atoms with E-state index in [0.717, 1.165) is 18.5 Å². The van der Waals surface area contributed by atoms with Crippen molar-refractivity contribution in [3.63, 3.8) is 0 Å². The molecule has 5 heteroatoms. The summed E-state index contributed by atoms with van der Waals surface area (Å²) in [5.74, 6) is -0.645. The fourth-order valence-electron chi connectivity index (χ4n) is 3.71. The van der Waals surface area contributed by atoms with E-state index in [9.17, 15) is 14.4 Å². The van der Waals surface area contributed by atoms with Gasteiger partial charge in [0.05, 0.1) is 11.1 Å². The number of hydrogen-bond donors (Lipinski definition) is 1. The summed E-state index contributed by atoms with van der Waals surface area (Å²) in [4.78, 5) is 38.0. The van der Waals surface area contributed by atoms with Crippen LogP contribution in [0.5, 0.6) is 0 Å². The lowest BCUT2D eigenvalue weighted by molar-refractivity contribution is -0.116. The van der Waals surface area contributed by atoms with Crippen LogP contribution in [0.2, 0.25) is 0 Å². The van der Waals surface area contributed by atoms with Gasteiger partial charge in [0.15, 0.2) is 0 Å². The van der Waals surface area contributed by atoms with Gasteiger partial charge in [0.2, 0.25) is 5.91 Å². The maximum Gasteiger partial charge on any atom is 0.261 e. The minimum atomic E-state index is -0.273. The number of nitrogens with one attached hydrogen (secondary N) is 1. The van der Waals surface area contributed by atoms with E-state index in [1.165, 1.54) is 22.4 Å². The summed E-state index contributed by atoms with van der Waals surface area (Å²) in [5.41, 5.74) is 4.39. The highest BCUT2D eigenvalue weighted by Crippen LogP contribution is 2.25. The summed E-state index contributed by atoms with van der Waals surface area (Å²) < 4.78 is 0. The van der Waals surface area contributed by atoms with Gasteiger partial charge in [0, 0.05) is 18.7 Å². The van der Waals surface area contributed by atoms with Gasteiger partial charge >= 0.3 is 0 Å². The minimum absolute atomic E-state index is 0.0976. The number of hydrogen-bond acceptors (Lipinski definition) is 3. The molecule has 0 saturated carbocycles. The number of fused-ring (bicyclic) bond motifs is 2. The SMILES string of the molecule is O=C(CCCN1C(=O)c2ccccc2C1=O)Nc1ccc2c(c1)CCC2. The number of carbonyl (C=O) groups is 3. The fourth-order valence-corrected chi connectivity index (χ4v) is 3.71. The summed E-state index contributed by atoms with van der Waals surface area (Å²) in [6, 6.07) is 12.9.